The summed E-state index contributed by atoms with van der Waals surface area (Å²) in [5.74, 6) is -0.321. The third-order valence-corrected chi connectivity index (χ3v) is 3.48. The molecule has 0 aliphatic carbocycles. The van der Waals surface area contributed by atoms with Crippen LogP contribution in [0.3, 0.4) is 0 Å². The molecule has 0 saturated carbocycles. The van der Waals surface area contributed by atoms with Gasteiger partial charge >= 0.3 is 0 Å². The minimum atomic E-state index is -0.246. The molecule has 4 nitrogen and oxygen atoms in total. The van der Waals surface area contributed by atoms with Crippen LogP contribution in [0.4, 0.5) is 0 Å². The van der Waals surface area contributed by atoms with Crippen molar-refractivity contribution in [2.45, 2.75) is 19.8 Å². The second-order valence-corrected chi connectivity index (χ2v) is 5.19. The standard InChI is InChI=1S/C14H19BrN2O2/c1-3-4-9-17(2)13(18)10-16-14(19)11-7-5-6-8-12(11)15/h5-8H,3-4,9-10H2,1-2H3,(H,16,19). The molecule has 0 spiro atoms. The Hall–Kier alpha value is -1.36. The van der Waals surface area contributed by atoms with E-state index in [-0.39, 0.29) is 18.4 Å². The minimum Gasteiger partial charge on any atom is -0.344 e. The molecule has 0 atom stereocenters. The summed E-state index contributed by atoms with van der Waals surface area (Å²) in [6.45, 7) is 2.83. The third-order valence-electron chi connectivity index (χ3n) is 2.79. The number of hydrogen-bond donors (Lipinski definition) is 1. The van der Waals surface area contributed by atoms with Crippen molar-refractivity contribution in [1.29, 1.82) is 0 Å². The number of rotatable bonds is 6. The van der Waals surface area contributed by atoms with E-state index in [1.54, 1.807) is 30.1 Å². The lowest BCUT2D eigenvalue weighted by Gasteiger charge is -2.17. The van der Waals surface area contributed by atoms with Crippen molar-refractivity contribution in [3.05, 3.63) is 34.3 Å². The predicted octanol–water partition coefficient (Wildman–Crippen LogP) is 2.44. The lowest BCUT2D eigenvalue weighted by atomic mass is 10.2. The molecule has 0 aliphatic rings. The van der Waals surface area contributed by atoms with Crippen LogP contribution in [0, 0.1) is 0 Å². The topological polar surface area (TPSA) is 49.4 Å². The Bertz CT molecular complexity index is 449. The lowest BCUT2D eigenvalue weighted by Crippen LogP contribution is -2.38. The average Bonchev–Trinajstić information content (AvgIpc) is 2.42. The summed E-state index contributed by atoms with van der Waals surface area (Å²) in [6, 6.07) is 7.13. The van der Waals surface area contributed by atoms with Crippen LogP contribution in [0.2, 0.25) is 0 Å². The fourth-order valence-electron chi connectivity index (χ4n) is 1.55. The van der Waals surface area contributed by atoms with Crippen molar-refractivity contribution in [2.24, 2.45) is 0 Å². The van der Waals surface area contributed by atoms with Crippen LogP contribution >= 0.6 is 15.9 Å². The van der Waals surface area contributed by atoms with E-state index in [1.807, 2.05) is 6.07 Å². The number of carbonyl (C=O) groups excluding carboxylic acids is 2. The zero-order valence-corrected chi connectivity index (χ0v) is 12.9. The molecule has 0 unspecified atom stereocenters. The first-order chi connectivity index (χ1) is 9.06. The number of hydrogen-bond acceptors (Lipinski definition) is 2. The largest absolute Gasteiger partial charge is 0.344 e. The summed E-state index contributed by atoms with van der Waals surface area (Å²) in [6.07, 6.45) is 2.02. The fraction of sp³-hybridized carbons (Fsp3) is 0.429. The Balaban J connectivity index is 2.46. The first-order valence-corrected chi connectivity index (χ1v) is 7.12. The summed E-state index contributed by atoms with van der Waals surface area (Å²) >= 11 is 3.31. The molecule has 1 N–H and O–H groups in total. The minimum absolute atomic E-state index is 0.0282. The molecule has 5 heteroatoms. The molecule has 0 heterocycles. The second-order valence-electron chi connectivity index (χ2n) is 4.33. The van der Waals surface area contributed by atoms with Crippen molar-refractivity contribution in [3.8, 4) is 0 Å². The normalized spacial score (nSPS) is 10.1. The monoisotopic (exact) mass is 326 g/mol. The smallest absolute Gasteiger partial charge is 0.252 e. The molecule has 1 aromatic carbocycles. The van der Waals surface area contributed by atoms with E-state index in [2.05, 4.69) is 28.2 Å². The number of benzene rings is 1. The van der Waals surface area contributed by atoms with Crippen molar-refractivity contribution >= 4 is 27.7 Å². The predicted molar refractivity (Wildman–Crippen MR) is 79.0 cm³/mol. The van der Waals surface area contributed by atoms with Gasteiger partial charge in [-0.3, -0.25) is 9.59 Å². The van der Waals surface area contributed by atoms with E-state index >= 15 is 0 Å². The highest BCUT2D eigenvalue weighted by Crippen LogP contribution is 2.15. The van der Waals surface area contributed by atoms with Crippen LogP contribution < -0.4 is 5.32 Å². The van der Waals surface area contributed by atoms with Gasteiger partial charge in [0.15, 0.2) is 0 Å². The number of halogens is 1. The summed E-state index contributed by atoms with van der Waals surface area (Å²) in [4.78, 5) is 25.3. The third kappa shape index (κ3) is 5.03. The SMILES string of the molecule is CCCCN(C)C(=O)CNC(=O)c1ccccc1Br. The summed E-state index contributed by atoms with van der Waals surface area (Å²) in [5.41, 5.74) is 0.534. The maximum Gasteiger partial charge on any atom is 0.252 e. The Kier molecular flexibility index (Phi) is 6.56. The first-order valence-electron chi connectivity index (χ1n) is 6.33. The maximum absolute atomic E-state index is 11.9. The number of nitrogens with zero attached hydrogens (tertiary/aromatic N) is 1. The van der Waals surface area contributed by atoms with E-state index < -0.39 is 0 Å². The molecule has 2 amide bonds. The average molecular weight is 327 g/mol. The van der Waals surface area contributed by atoms with Gasteiger partial charge < -0.3 is 10.2 Å². The molecule has 104 valence electrons. The van der Waals surface area contributed by atoms with Gasteiger partial charge in [-0.05, 0) is 34.5 Å². The highest BCUT2D eigenvalue weighted by Gasteiger charge is 2.12. The van der Waals surface area contributed by atoms with Crippen LogP contribution in [0.1, 0.15) is 30.1 Å². The van der Waals surface area contributed by atoms with E-state index in [0.29, 0.717) is 5.56 Å². The molecular weight excluding hydrogens is 308 g/mol. The zero-order valence-electron chi connectivity index (χ0n) is 11.3. The Morgan fingerprint density at radius 3 is 2.63 bits per heavy atom. The Morgan fingerprint density at radius 1 is 1.32 bits per heavy atom. The zero-order chi connectivity index (χ0) is 14.3. The quantitative estimate of drug-likeness (QED) is 0.872. The van der Waals surface area contributed by atoms with E-state index in [1.165, 1.54) is 0 Å². The van der Waals surface area contributed by atoms with Gasteiger partial charge in [0.1, 0.15) is 0 Å². The molecule has 0 fully saturated rings. The highest BCUT2D eigenvalue weighted by atomic mass is 79.9. The van der Waals surface area contributed by atoms with Gasteiger partial charge in [0.2, 0.25) is 5.91 Å². The number of unbranched alkanes of at least 4 members (excludes halogenated alkanes) is 1. The maximum atomic E-state index is 11.9. The molecule has 1 rings (SSSR count). The number of carbonyl (C=O) groups is 2. The van der Waals surface area contributed by atoms with Crippen LogP contribution in [-0.2, 0) is 4.79 Å². The van der Waals surface area contributed by atoms with Gasteiger partial charge in [-0.2, -0.15) is 0 Å². The lowest BCUT2D eigenvalue weighted by molar-refractivity contribution is -0.128. The Morgan fingerprint density at radius 2 is 2.00 bits per heavy atom. The van der Waals surface area contributed by atoms with E-state index in [9.17, 15) is 9.59 Å². The molecule has 0 aromatic heterocycles. The summed E-state index contributed by atoms with van der Waals surface area (Å²) < 4.78 is 0.722. The van der Waals surface area contributed by atoms with Crippen molar-refractivity contribution < 1.29 is 9.59 Å². The van der Waals surface area contributed by atoms with Crippen molar-refractivity contribution in [3.63, 3.8) is 0 Å². The van der Waals surface area contributed by atoms with Gasteiger partial charge in [-0.25, -0.2) is 0 Å². The van der Waals surface area contributed by atoms with Gasteiger partial charge in [-0.1, -0.05) is 25.5 Å². The van der Waals surface area contributed by atoms with Crippen LogP contribution in [0.15, 0.2) is 28.7 Å². The molecule has 0 bridgehead atoms. The van der Waals surface area contributed by atoms with Gasteiger partial charge in [0, 0.05) is 18.1 Å². The van der Waals surface area contributed by atoms with Crippen LogP contribution in [0.5, 0.6) is 0 Å². The summed E-state index contributed by atoms with van der Waals surface area (Å²) in [5, 5.41) is 2.64. The molecule has 0 aliphatic heterocycles. The van der Waals surface area contributed by atoms with Crippen molar-refractivity contribution in [2.75, 3.05) is 20.1 Å². The van der Waals surface area contributed by atoms with Crippen molar-refractivity contribution in [1.82, 2.24) is 10.2 Å². The van der Waals surface area contributed by atoms with E-state index in [0.717, 1.165) is 23.9 Å². The number of nitrogens with one attached hydrogen (secondary N) is 1. The highest BCUT2D eigenvalue weighted by molar-refractivity contribution is 9.10. The second kappa shape index (κ2) is 7.94. The molecule has 19 heavy (non-hydrogen) atoms. The molecular formula is C14H19BrN2O2. The summed E-state index contributed by atoms with van der Waals surface area (Å²) in [7, 11) is 1.75. The van der Waals surface area contributed by atoms with E-state index in [4.69, 9.17) is 0 Å². The fourth-order valence-corrected chi connectivity index (χ4v) is 2.02. The Labute approximate surface area is 122 Å². The first kappa shape index (κ1) is 15.7. The van der Waals surface area contributed by atoms with Gasteiger partial charge in [0.05, 0.1) is 12.1 Å². The van der Waals surface area contributed by atoms with Crippen LogP contribution in [0.25, 0.3) is 0 Å². The number of amides is 2. The van der Waals surface area contributed by atoms with Gasteiger partial charge in [-0.15, -0.1) is 0 Å². The van der Waals surface area contributed by atoms with Gasteiger partial charge in [0.25, 0.3) is 5.91 Å². The molecule has 0 saturated heterocycles. The van der Waals surface area contributed by atoms with Crippen LogP contribution in [-0.4, -0.2) is 36.9 Å². The number of likely N-dealkylation sites (N-methyl/N-ethyl adjacent to an activating group) is 1. The molecule has 1 aromatic rings. The molecule has 0 radical (unpaired) electrons.